The van der Waals surface area contributed by atoms with Crippen LogP contribution in [0.15, 0.2) is 41.3 Å². The molecule has 0 atom stereocenters. The highest BCUT2D eigenvalue weighted by Gasteiger charge is 2.28. The van der Waals surface area contributed by atoms with Gasteiger partial charge in [-0.3, -0.25) is 4.79 Å². The molecular formula is C21H21ClF2N2O5S. The number of carbonyl (C=O) groups excluding carboxylic acids is 2. The van der Waals surface area contributed by atoms with Gasteiger partial charge in [0.1, 0.15) is 16.5 Å². The van der Waals surface area contributed by atoms with Crippen LogP contribution in [0.4, 0.5) is 14.5 Å². The highest BCUT2D eigenvalue weighted by Crippen LogP contribution is 2.28. The number of nitrogens with zero attached hydrogens (tertiary/aromatic N) is 1. The summed E-state index contributed by atoms with van der Waals surface area (Å²) < 4.78 is 59.1. The van der Waals surface area contributed by atoms with Gasteiger partial charge in [0.15, 0.2) is 6.61 Å². The van der Waals surface area contributed by atoms with Gasteiger partial charge in [0.25, 0.3) is 5.91 Å². The van der Waals surface area contributed by atoms with Gasteiger partial charge < -0.3 is 10.1 Å². The maximum Gasteiger partial charge on any atom is 0.338 e. The maximum absolute atomic E-state index is 13.6. The zero-order valence-electron chi connectivity index (χ0n) is 16.9. The van der Waals surface area contributed by atoms with Crippen molar-refractivity contribution in [3.8, 4) is 0 Å². The summed E-state index contributed by atoms with van der Waals surface area (Å²) >= 11 is 6.10. The second-order valence-electron chi connectivity index (χ2n) is 7.21. The average Bonchev–Trinajstić information content (AvgIpc) is 3.05. The van der Waals surface area contributed by atoms with Crippen LogP contribution < -0.4 is 5.32 Å². The summed E-state index contributed by atoms with van der Waals surface area (Å²) in [6.45, 7) is -0.0556. The molecule has 1 N–H and O–H groups in total. The first-order valence-corrected chi connectivity index (χ1v) is 11.7. The Hall–Kier alpha value is -2.56. The molecule has 32 heavy (non-hydrogen) atoms. The second kappa shape index (κ2) is 10.4. The summed E-state index contributed by atoms with van der Waals surface area (Å²) in [5.41, 5.74) is -0.518. The molecule has 0 spiro atoms. The van der Waals surface area contributed by atoms with Gasteiger partial charge in [-0.2, -0.15) is 4.31 Å². The molecule has 1 aliphatic rings. The SMILES string of the molecule is O=C(COC(=O)c1ccc(Cl)c(S(=O)(=O)N2CCCCCC2)c1)Nc1cc(F)ccc1F. The molecule has 0 aromatic heterocycles. The molecule has 0 bridgehead atoms. The Morgan fingerprint density at radius 2 is 1.72 bits per heavy atom. The molecule has 0 aliphatic carbocycles. The number of carbonyl (C=O) groups is 2. The lowest BCUT2D eigenvalue weighted by atomic mass is 10.2. The molecule has 2 aromatic rings. The molecule has 1 aliphatic heterocycles. The van der Waals surface area contributed by atoms with Crippen LogP contribution in [0.2, 0.25) is 5.02 Å². The van der Waals surface area contributed by atoms with E-state index in [-0.39, 0.29) is 15.5 Å². The van der Waals surface area contributed by atoms with Crippen molar-refractivity contribution in [1.82, 2.24) is 4.31 Å². The lowest BCUT2D eigenvalue weighted by Crippen LogP contribution is -2.32. The van der Waals surface area contributed by atoms with Crippen LogP contribution in [0.3, 0.4) is 0 Å². The van der Waals surface area contributed by atoms with E-state index >= 15 is 0 Å². The Morgan fingerprint density at radius 3 is 2.41 bits per heavy atom. The van der Waals surface area contributed by atoms with Crippen LogP contribution in [0.1, 0.15) is 36.0 Å². The largest absolute Gasteiger partial charge is 0.452 e. The lowest BCUT2D eigenvalue weighted by Gasteiger charge is -2.21. The van der Waals surface area contributed by atoms with Crippen LogP contribution in [-0.4, -0.2) is 44.3 Å². The van der Waals surface area contributed by atoms with E-state index in [4.69, 9.17) is 16.3 Å². The molecule has 0 radical (unpaired) electrons. The van der Waals surface area contributed by atoms with E-state index in [1.54, 1.807) is 0 Å². The number of rotatable bonds is 6. The molecule has 172 valence electrons. The number of sulfonamides is 1. The van der Waals surface area contributed by atoms with E-state index in [0.29, 0.717) is 13.1 Å². The van der Waals surface area contributed by atoms with Gasteiger partial charge in [-0.25, -0.2) is 22.0 Å². The Kier molecular flexibility index (Phi) is 7.81. The number of halogens is 3. The molecular weight excluding hydrogens is 466 g/mol. The topological polar surface area (TPSA) is 92.8 Å². The number of ether oxygens (including phenoxy) is 1. The van der Waals surface area contributed by atoms with E-state index in [0.717, 1.165) is 49.9 Å². The Morgan fingerprint density at radius 1 is 1.03 bits per heavy atom. The van der Waals surface area contributed by atoms with E-state index in [1.807, 2.05) is 0 Å². The fraction of sp³-hybridized carbons (Fsp3) is 0.333. The Labute approximate surface area is 189 Å². The highest BCUT2D eigenvalue weighted by molar-refractivity contribution is 7.89. The maximum atomic E-state index is 13.6. The Balaban J connectivity index is 1.69. The van der Waals surface area contributed by atoms with Crippen molar-refractivity contribution in [2.24, 2.45) is 0 Å². The van der Waals surface area contributed by atoms with Crippen molar-refractivity contribution in [2.45, 2.75) is 30.6 Å². The number of esters is 1. The van der Waals surface area contributed by atoms with Gasteiger partial charge in [-0.05, 0) is 43.2 Å². The van der Waals surface area contributed by atoms with Crippen LogP contribution in [-0.2, 0) is 19.6 Å². The zero-order chi connectivity index (χ0) is 23.3. The first-order valence-electron chi connectivity index (χ1n) is 9.90. The first-order chi connectivity index (χ1) is 15.2. The predicted octanol–water partition coefficient (Wildman–Crippen LogP) is 3.98. The summed E-state index contributed by atoms with van der Waals surface area (Å²) in [7, 11) is -3.92. The lowest BCUT2D eigenvalue weighted by molar-refractivity contribution is -0.119. The minimum Gasteiger partial charge on any atom is -0.452 e. The van der Waals surface area contributed by atoms with Gasteiger partial charge in [0.05, 0.1) is 16.3 Å². The summed E-state index contributed by atoms with van der Waals surface area (Å²) in [6.07, 6.45) is 3.35. The molecule has 11 heteroatoms. The first kappa shape index (κ1) is 24.1. The van der Waals surface area contributed by atoms with Gasteiger partial charge in [-0.1, -0.05) is 24.4 Å². The van der Waals surface area contributed by atoms with Gasteiger partial charge >= 0.3 is 5.97 Å². The van der Waals surface area contributed by atoms with E-state index in [1.165, 1.54) is 16.4 Å². The minimum atomic E-state index is -3.92. The second-order valence-corrected chi connectivity index (χ2v) is 9.53. The molecule has 7 nitrogen and oxygen atoms in total. The number of hydrogen-bond donors (Lipinski definition) is 1. The van der Waals surface area contributed by atoms with E-state index in [9.17, 15) is 26.8 Å². The van der Waals surface area contributed by atoms with Crippen molar-refractivity contribution in [3.63, 3.8) is 0 Å². The number of nitrogens with one attached hydrogen (secondary N) is 1. The molecule has 0 saturated carbocycles. The highest BCUT2D eigenvalue weighted by atomic mass is 35.5. The fourth-order valence-corrected chi connectivity index (χ4v) is 5.26. The average molecular weight is 487 g/mol. The summed E-state index contributed by atoms with van der Waals surface area (Å²) in [5.74, 6) is -3.47. The van der Waals surface area contributed by atoms with Crippen LogP contribution >= 0.6 is 11.6 Å². The third-order valence-electron chi connectivity index (χ3n) is 4.89. The quantitative estimate of drug-likeness (QED) is 0.623. The molecule has 1 fully saturated rings. The van der Waals surface area contributed by atoms with Crippen LogP contribution in [0.5, 0.6) is 0 Å². The van der Waals surface area contributed by atoms with Crippen molar-refractivity contribution < 1.29 is 31.5 Å². The third-order valence-corrected chi connectivity index (χ3v) is 7.27. The van der Waals surface area contributed by atoms with Crippen LogP contribution in [0.25, 0.3) is 0 Å². The zero-order valence-corrected chi connectivity index (χ0v) is 18.5. The van der Waals surface area contributed by atoms with Gasteiger partial charge in [-0.15, -0.1) is 0 Å². The van der Waals surface area contributed by atoms with Gasteiger partial charge in [0.2, 0.25) is 10.0 Å². The van der Waals surface area contributed by atoms with E-state index < -0.39 is 45.8 Å². The van der Waals surface area contributed by atoms with Crippen molar-refractivity contribution >= 4 is 39.2 Å². The number of benzene rings is 2. The smallest absolute Gasteiger partial charge is 0.338 e. The summed E-state index contributed by atoms with van der Waals surface area (Å²) in [5, 5.41) is 2.06. The summed E-state index contributed by atoms with van der Waals surface area (Å²) in [4.78, 5) is 24.1. The van der Waals surface area contributed by atoms with Crippen LogP contribution in [0, 0.1) is 11.6 Å². The van der Waals surface area contributed by atoms with Crippen molar-refractivity contribution in [3.05, 3.63) is 58.6 Å². The normalized spacial score (nSPS) is 15.1. The molecule has 1 saturated heterocycles. The van der Waals surface area contributed by atoms with E-state index in [2.05, 4.69) is 5.32 Å². The van der Waals surface area contributed by atoms with Gasteiger partial charge in [0, 0.05) is 19.2 Å². The third kappa shape index (κ3) is 5.81. The fourth-order valence-electron chi connectivity index (χ4n) is 3.24. The molecule has 1 amide bonds. The molecule has 3 rings (SSSR count). The minimum absolute atomic E-state index is 0.0369. The molecule has 2 aromatic carbocycles. The summed E-state index contributed by atoms with van der Waals surface area (Å²) in [6, 6.07) is 6.17. The molecule has 0 unspecified atom stereocenters. The number of hydrogen-bond acceptors (Lipinski definition) is 5. The van der Waals surface area contributed by atoms with Crippen molar-refractivity contribution in [1.29, 1.82) is 0 Å². The standard InChI is InChI=1S/C21H21ClF2N2O5S/c22-16-7-5-14(11-19(16)32(29,30)26-9-3-1-2-4-10-26)21(28)31-13-20(27)25-18-12-15(23)6-8-17(18)24/h5-8,11-12H,1-4,9-10,13H2,(H,25,27). The monoisotopic (exact) mass is 486 g/mol. The number of anilines is 1. The Bertz CT molecular complexity index is 1120. The predicted molar refractivity (Wildman–Crippen MR) is 114 cm³/mol. The van der Waals surface area contributed by atoms with Crippen molar-refractivity contribution in [2.75, 3.05) is 25.0 Å². The molecule has 1 heterocycles. The number of amides is 1.